The Morgan fingerprint density at radius 2 is 2.06 bits per heavy atom. The van der Waals surface area contributed by atoms with Crippen molar-refractivity contribution in [2.45, 2.75) is 32.2 Å². The van der Waals surface area contributed by atoms with Gasteiger partial charge in [0.15, 0.2) is 0 Å². The molecule has 0 spiro atoms. The van der Waals surface area contributed by atoms with Crippen LogP contribution in [0.4, 0.5) is 5.82 Å². The highest BCUT2D eigenvalue weighted by Crippen LogP contribution is 2.26. The predicted octanol–water partition coefficient (Wildman–Crippen LogP) is 1.97. The van der Waals surface area contributed by atoms with E-state index in [9.17, 15) is 0 Å². The molecule has 0 aliphatic carbocycles. The summed E-state index contributed by atoms with van der Waals surface area (Å²) < 4.78 is 0. The minimum atomic E-state index is 0.305. The summed E-state index contributed by atoms with van der Waals surface area (Å²) >= 11 is 0. The molecule has 1 aliphatic heterocycles. The molecule has 0 aromatic carbocycles. The van der Waals surface area contributed by atoms with Gasteiger partial charge in [-0.2, -0.15) is 0 Å². The molecule has 88 valence electrons. The summed E-state index contributed by atoms with van der Waals surface area (Å²) in [6, 6.07) is 4.13. The molecular weight excluding hydrogens is 198 g/mol. The highest BCUT2D eigenvalue weighted by Gasteiger charge is 2.28. The summed E-state index contributed by atoms with van der Waals surface area (Å²) in [6.45, 7) is 6.62. The normalized spacial score (nSPS) is 19.8. The number of aromatic nitrogens is 1. The van der Waals surface area contributed by atoms with Crippen molar-refractivity contribution in [2.75, 3.05) is 25.0 Å². The summed E-state index contributed by atoms with van der Waals surface area (Å²) in [5, 5.41) is 3.42. The molecule has 0 amide bonds. The van der Waals surface area contributed by atoms with E-state index in [-0.39, 0.29) is 0 Å². The summed E-state index contributed by atoms with van der Waals surface area (Å²) in [4.78, 5) is 6.88. The van der Waals surface area contributed by atoms with E-state index in [1.165, 1.54) is 18.4 Å². The fourth-order valence-corrected chi connectivity index (χ4v) is 2.27. The third kappa shape index (κ3) is 2.19. The van der Waals surface area contributed by atoms with E-state index in [1.54, 1.807) is 0 Å². The van der Waals surface area contributed by atoms with Crippen LogP contribution in [0.2, 0.25) is 0 Å². The van der Waals surface area contributed by atoms with E-state index >= 15 is 0 Å². The Morgan fingerprint density at radius 3 is 2.62 bits per heavy atom. The fourth-order valence-electron chi connectivity index (χ4n) is 2.27. The molecule has 3 heteroatoms. The second-order valence-electron chi connectivity index (χ2n) is 4.94. The molecule has 3 nitrogen and oxygen atoms in total. The van der Waals surface area contributed by atoms with Crippen molar-refractivity contribution in [3.05, 3.63) is 23.9 Å². The van der Waals surface area contributed by atoms with Crippen molar-refractivity contribution < 1.29 is 0 Å². The standard InChI is InChI=1S/C13H21N3/c1-11-5-4-8-15-12(11)16-9-6-13(2,14-3)7-10-16/h4-5,8,14H,6-7,9-10H2,1-3H3. The molecule has 0 saturated carbocycles. The lowest BCUT2D eigenvalue weighted by molar-refractivity contribution is 0.304. The number of nitrogens with zero attached hydrogens (tertiary/aromatic N) is 2. The lowest BCUT2D eigenvalue weighted by Gasteiger charge is -2.40. The molecule has 16 heavy (non-hydrogen) atoms. The maximum atomic E-state index is 4.48. The maximum Gasteiger partial charge on any atom is 0.131 e. The SMILES string of the molecule is CNC1(C)CCN(c2ncccc2C)CC1. The largest absolute Gasteiger partial charge is 0.356 e. The highest BCUT2D eigenvalue weighted by molar-refractivity contribution is 5.46. The quantitative estimate of drug-likeness (QED) is 0.824. The van der Waals surface area contributed by atoms with Crippen LogP contribution < -0.4 is 10.2 Å². The molecule has 2 heterocycles. The van der Waals surface area contributed by atoms with Crippen LogP contribution in [0.15, 0.2) is 18.3 Å². The molecule has 1 aromatic rings. The summed E-state index contributed by atoms with van der Waals surface area (Å²) in [5.41, 5.74) is 1.58. The molecule has 1 N–H and O–H groups in total. The zero-order valence-electron chi connectivity index (χ0n) is 10.5. The Kier molecular flexibility index (Phi) is 3.15. The van der Waals surface area contributed by atoms with Crippen LogP contribution in [0.25, 0.3) is 0 Å². The second-order valence-corrected chi connectivity index (χ2v) is 4.94. The van der Waals surface area contributed by atoms with Gasteiger partial charge in [0.05, 0.1) is 0 Å². The molecule has 0 bridgehead atoms. The first-order chi connectivity index (χ1) is 7.64. The van der Waals surface area contributed by atoms with E-state index in [1.807, 2.05) is 12.3 Å². The molecule has 1 fully saturated rings. The maximum absolute atomic E-state index is 4.48. The Bertz CT molecular complexity index is 354. The number of hydrogen-bond acceptors (Lipinski definition) is 3. The minimum Gasteiger partial charge on any atom is -0.356 e. The monoisotopic (exact) mass is 219 g/mol. The Hall–Kier alpha value is -1.09. The van der Waals surface area contributed by atoms with Gasteiger partial charge in [0, 0.05) is 24.8 Å². The van der Waals surface area contributed by atoms with Gasteiger partial charge in [-0.3, -0.25) is 0 Å². The lowest BCUT2D eigenvalue weighted by Crippen LogP contribution is -2.50. The van der Waals surface area contributed by atoms with Crippen LogP contribution in [0.1, 0.15) is 25.3 Å². The van der Waals surface area contributed by atoms with Gasteiger partial charge in [-0.25, -0.2) is 4.98 Å². The number of aryl methyl sites for hydroxylation is 1. The average Bonchev–Trinajstić information content (AvgIpc) is 2.31. The van der Waals surface area contributed by atoms with E-state index in [4.69, 9.17) is 0 Å². The topological polar surface area (TPSA) is 28.2 Å². The van der Waals surface area contributed by atoms with Crippen LogP contribution in [0.5, 0.6) is 0 Å². The van der Waals surface area contributed by atoms with Crippen molar-refractivity contribution in [1.82, 2.24) is 10.3 Å². The third-order valence-corrected chi connectivity index (χ3v) is 3.75. The number of rotatable bonds is 2. The van der Waals surface area contributed by atoms with Gasteiger partial charge in [-0.15, -0.1) is 0 Å². The number of piperidine rings is 1. The van der Waals surface area contributed by atoms with Crippen molar-refractivity contribution >= 4 is 5.82 Å². The number of hydrogen-bond donors (Lipinski definition) is 1. The van der Waals surface area contributed by atoms with Gasteiger partial charge in [-0.05, 0) is 45.4 Å². The van der Waals surface area contributed by atoms with Gasteiger partial charge in [0.25, 0.3) is 0 Å². The van der Waals surface area contributed by atoms with Crippen LogP contribution >= 0.6 is 0 Å². The third-order valence-electron chi connectivity index (χ3n) is 3.75. The van der Waals surface area contributed by atoms with Gasteiger partial charge >= 0.3 is 0 Å². The van der Waals surface area contributed by atoms with E-state index in [0.29, 0.717) is 5.54 Å². The van der Waals surface area contributed by atoms with Gasteiger partial charge < -0.3 is 10.2 Å². The first-order valence-corrected chi connectivity index (χ1v) is 6.00. The second kappa shape index (κ2) is 4.42. The number of pyridine rings is 1. The van der Waals surface area contributed by atoms with E-state index in [2.05, 4.69) is 42.2 Å². The molecule has 2 rings (SSSR count). The number of nitrogens with one attached hydrogen (secondary N) is 1. The predicted molar refractivity (Wildman–Crippen MR) is 67.9 cm³/mol. The van der Waals surface area contributed by atoms with Crippen LogP contribution in [0, 0.1) is 6.92 Å². The zero-order valence-corrected chi connectivity index (χ0v) is 10.5. The average molecular weight is 219 g/mol. The fraction of sp³-hybridized carbons (Fsp3) is 0.615. The van der Waals surface area contributed by atoms with Crippen molar-refractivity contribution in [1.29, 1.82) is 0 Å². The first-order valence-electron chi connectivity index (χ1n) is 6.00. The summed E-state index contributed by atoms with van der Waals surface area (Å²) in [7, 11) is 2.06. The van der Waals surface area contributed by atoms with Crippen molar-refractivity contribution in [3.8, 4) is 0 Å². The van der Waals surface area contributed by atoms with Crippen LogP contribution in [-0.4, -0.2) is 30.7 Å². The molecule has 0 atom stereocenters. The van der Waals surface area contributed by atoms with E-state index < -0.39 is 0 Å². The summed E-state index contributed by atoms with van der Waals surface area (Å²) in [6.07, 6.45) is 4.24. The van der Waals surface area contributed by atoms with E-state index in [0.717, 1.165) is 18.9 Å². The van der Waals surface area contributed by atoms with Gasteiger partial charge in [0.2, 0.25) is 0 Å². The van der Waals surface area contributed by atoms with Crippen molar-refractivity contribution in [3.63, 3.8) is 0 Å². The Morgan fingerprint density at radius 1 is 1.38 bits per heavy atom. The van der Waals surface area contributed by atoms with Gasteiger partial charge in [-0.1, -0.05) is 6.07 Å². The molecule has 1 saturated heterocycles. The van der Waals surface area contributed by atoms with Crippen LogP contribution in [-0.2, 0) is 0 Å². The van der Waals surface area contributed by atoms with Gasteiger partial charge in [0.1, 0.15) is 5.82 Å². The van der Waals surface area contributed by atoms with Crippen LogP contribution in [0.3, 0.4) is 0 Å². The Balaban J connectivity index is 2.07. The highest BCUT2D eigenvalue weighted by atomic mass is 15.2. The molecule has 1 aromatic heterocycles. The molecule has 1 aliphatic rings. The lowest BCUT2D eigenvalue weighted by atomic mass is 9.90. The zero-order chi connectivity index (χ0) is 11.6. The molecule has 0 radical (unpaired) electrons. The van der Waals surface area contributed by atoms with Crippen molar-refractivity contribution in [2.24, 2.45) is 0 Å². The molecule has 0 unspecified atom stereocenters. The smallest absolute Gasteiger partial charge is 0.131 e. The Labute approximate surface area is 97.9 Å². The number of anilines is 1. The first kappa shape index (κ1) is 11.4. The summed E-state index contributed by atoms with van der Waals surface area (Å²) in [5.74, 6) is 1.15. The minimum absolute atomic E-state index is 0.305. The molecular formula is C13H21N3.